The van der Waals surface area contributed by atoms with Gasteiger partial charge in [-0.05, 0) is 25.0 Å². The molecule has 4 heteroatoms. The molecule has 0 amide bonds. The number of halogens is 2. The number of aliphatic imine (C=N–C) groups is 1. The van der Waals surface area contributed by atoms with E-state index >= 15 is 0 Å². The summed E-state index contributed by atoms with van der Waals surface area (Å²) in [5, 5.41) is 1.37. The zero-order valence-corrected chi connectivity index (χ0v) is 11.1. The highest BCUT2D eigenvalue weighted by Gasteiger charge is 2.22. The molecule has 1 aromatic carbocycles. The van der Waals surface area contributed by atoms with Crippen molar-refractivity contribution in [1.29, 1.82) is 0 Å². The van der Waals surface area contributed by atoms with Gasteiger partial charge in [-0.25, -0.2) is 4.99 Å². The van der Waals surface area contributed by atoms with Gasteiger partial charge in [-0.2, -0.15) is 0 Å². The maximum Gasteiger partial charge on any atom is 0.105 e. The van der Waals surface area contributed by atoms with E-state index < -0.39 is 0 Å². The molecular weight excluding hydrogens is 255 g/mol. The number of hydrogen-bond acceptors (Lipinski definition) is 2. The van der Waals surface area contributed by atoms with E-state index in [1.54, 1.807) is 6.07 Å². The Bertz CT molecular complexity index is 483. The molecule has 17 heavy (non-hydrogen) atoms. The first-order valence-corrected chi connectivity index (χ1v) is 6.80. The Kier molecular flexibility index (Phi) is 3.01. The molecule has 90 valence electrons. The summed E-state index contributed by atoms with van der Waals surface area (Å²) in [4.78, 5) is 7.08. The summed E-state index contributed by atoms with van der Waals surface area (Å²) in [5.41, 5.74) is 2.07. The van der Waals surface area contributed by atoms with E-state index in [0.717, 1.165) is 30.8 Å². The first-order chi connectivity index (χ1) is 8.24. The molecule has 0 aromatic heterocycles. The summed E-state index contributed by atoms with van der Waals surface area (Å²) in [6.07, 6.45) is 4.84. The molecule has 0 N–H and O–H groups in total. The fourth-order valence-electron chi connectivity index (χ4n) is 2.55. The minimum Gasteiger partial charge on any atom is -0.356 e. The maximum absolute atomic E-state index is 6.21. The highest BCUT2D eigenvalue weighted by molar-refractivity contribution is 6.36. The molecule has 0 atom stereocenters. The molecule has 0 unspecified atom stereocenters. The van der Waals surface area contributed by atoms with E-state index in [2.05, 4.69) is 4.90 Å². The second-order valence-corrected chi connectivity index (χ2v) is 5.50. The van der Waals surface area contributed by atoms with Gasteiger partial charge in [-0.1, -0.05) is 29.6 Å². The predicted octanol–water partition coefficient (Wildman–Crippen LogP) is 4.41. The smallest absolute Gasteiger partial charge is 0.105 e. The minimum absolute atomic E-state index is 0.670. The number of nitrogens with zero attached hydrogens (tertiary/aromatic N) is 2. The standard InChI is InChI=1S/C13H14Cl2N2/c14-10-6-9-8-17-5-3-1-2-4-12(17)16-13(9)11(15)7-10/h6-7H,1-5,8H2. The molecular formula is C13H14Cl2N2. The van der Waals surface area contributed by atoms with Crippen molar-refractivity contribution in [3.8, 4) is 0 Å². The van der Waals surface area contributed by atoms with Crippen LogP contribution in [0.25, 0.3) is 0 Å². The topological polar surface area (TPSA) is 15.6 Å². The summed E-state index contributed by atoms with van der Waals surface area (Å²) in [5.74, 6) is 1.19. The van der Waals surface area contributed by atoms with E-state index in [0.29, 0.717) is 10.0 Å². The Morgan fingerprint density at radius 1 is 1.12 bits per heavy atom. The van der Waals surface area contributed by atoms with Crippen LogP contribution in [0.2, 0.25) is 10.0 Å². The van der Waals surface area contributed by atoms with Crippen molar-refractivity contribution in [1.82, 2.24) is 4.90 Å². The van der Waals surface area contributed by atoms with E-state index in [9.17, 15) is 0 Å². The summed E-state index contributed by atoms with van der Waals surface area (Å²) < 4.78 is 0. The summed E-state index contributed by atoms with van der Waals surface area (Å²) in [6, 6.07) is 3.76. The average molecular weight is 269 g/mol. The molecule has 0 saturated carbocycles. The fourth-order valence-corrected chi connectivity index (χ4v) is 3.12. The fraction of sp³-hybridized carbons (Fsp3) is 0.462. The van der Waals surface area contributed by atoms with Gasteiger partial charge in [0.05, 0.1) is 10.7 Å². The van der Waals surface area contributed by atoms with Gasteiger partial charge in [-0.15, -0.1) is 0 Å². The Balaban J connectivity index is 2.05. The molecule has 0 aliphatic carbocycles. The Morgan fingerprint density at radius 3 is 2.88 bits per heavy atom. The second-order valence-electron chi connectivity index (χ2n) is 4.66. The van der Waals surface area contributed by atoms with Crippen LogP contribution in [-0.2, 0) is 6.54 Å². The maximum atomic E-state index is 6.21. The van der Waals surface area contributed by atoms with E-state index in [4.69, 9.17) is 28.2 Å². The van der Waals surface area contributed by atoms with Crippen molar-refractivity contribution in [3.05, 3.63) is 27.7 Å². The van der Waals surface area contributed by atoms with Gasteiger partial charge >= 0.3 is 0 Å². The van der Waals surface area contributed by atoms with Gasteiger partial charge < -0.3 is 4.90 Å². The lowest BCUT2D eigenvalue weighted by Gasteiger charge is -2.29. The van der Waals surface area contributed by atoms with E-state index in [1.165, 1.54) is 25.1 Å². The monoisotopic (exact) mass is 268 g/mol. The van der Waals surface area contributed by atoms with Gasteiger partial charge in [0.25, 0.3) is 0 Å². The predicted molar refractivity (Wildman–Crippen MR) is 72.4 cm³/mol. The molecule has 2 aliphatic heterocycles. The van der Waals surface area contributed by atoms with Crippen LogP contribution in [0.1, 0.15) is 31.2 Å². The number of amidine groups is 1. The van der Waals surface area contributed by atoms with E-state index in [1.807, 2.05) is 6.07 Å². The largest absolute Gasteiger partial charge is 0.356 e. The highest BCUT2D eigenvalue weighted by Crippen LogP contribution is 2.37. The molecule has 1 fully saturated rings. The number of hydrogen-bond donors (Lipinski definition) is 0. The molecule has 3 rings (SSSR count). The van der Waals surface area contributed by atoms with Gasteiger partial charge in [0.15, 0.2) is 0 Å². The molecule has 0 spiro atoms. The third-order valence-electron chi connectivity index (χ3n) is 3.40. The normalized spacial score (nSPS) is 19.2. The van der Waals surface area contributed by atoms with Gasteiger partial charge in [-0.3, -0.25) is 0 Å². The highest BCUT2D eigenvalue weighted by atomic mass is 35.5. The molecule has 1 saturated heterocycles. The van der Waals surface area contributed by atoms with Crippen LogP contribution in [0.4, 0.5) is 5.69 Å². The van der Waals surface area contributed by atoms with Crippen LogP contribution in [0, 0.1) is 0 Å². The first kappa shape index (κ1) is 11.4. The van der Waals surface area contributed by atoms with Crippen molar-refractivity contribution in [2.45, 2.75) is 32.2 Å². The van der Waals surface area contributed by atoms with E-state index in [-0.39, 0.29) is 0 Å². The molecule has 0 bridgehead atoms. The molecule has 2 nitrogen and oxygen atoms in total. The van der Waals surface area contributed by atoms with Crippen LogP contribution in [0.15, 0.2) is 17.1 Å². The molecule has 2 heterocycles. The third-order valence-corrected chi connectivity index (χ3v) is 3.91. The minimum atomic E-state index is 0.670. The molecule has 1 aromatic rings. The van der Waals surface area contributed by atoms with Crippen molar-refractivity contribution in [3.63, 3.8) is 0 Å². The van der Waals surface area contributed by atoms with Crippen LogP contribution in [-0.4, -0.2) is 17.3 Å². The number of fused-ring (bicyclic) bond motifs is 2. The van der Waals surface area contributed by atoms with Gasteiger partial charge in [0, 0.05) is 30.1 Å². The van der Waals surface area contributed by atoms with Crippen molar-refractivity contribution in [2.75, 3.05) is 6.54 Å². The van der Waals surface area contributed by atoms with Crippen LogP contribution < -0.4 is 0 Å². The lowest BCUT2D eigenvalue weighted by molar-refractivity contribution is 0.403. The molecule has 0 radical (unpaired) electrons. The Labute approximate surface area is 111 Å². The first-order valence-electron chi connectivity index (χ1n) is 6.04. The second kappa shape index (κ2) is 4.51. The van der Waals surface area contributed by atoms with Crippen LogP contribution in [0.3, 0.4) is 0 Å². The van der Waals surface area contributed by atoms with Crippen molar-refractivity contribution < 1.29 is 0 Å². The zero-order valence-electron chi connectivity index (χ0n) is 9.55. The summed E-state index contributed by atoms with van der Waals surface area (Å²) in [6.45, 7) is 2.00. The molecule has 2 aliphatic rings. The van der Waals surface area contributed by atoms with Gasteiger partial charge in [0.1, 0.15) is 5.84 Å². The number of rotatable bonds is 0. The van der Waals surface area contributed by atoms with Crippen molar-refractivity contribution in [2.24, 2.45) is 4.99 Å². The Morgan fingerprint density at radius 2 is 2.00 bits per heavy atom. The zero-order chi connectivity index (χ0) is 11.8. The van der Waals surface area contributed by atoms with Crippen molar-refractivity contribution >= 4 is 34.7 Å². The summed E-state index contributed by atoms with van der Waals surface area (Å²) >= 11 is 12.2. The lowest BCUT2D eigenvalue weighted by atomic mass is 10.1. The third kappa shape index (κ3) is 2.16. The average Bonchev–Trinajstić information content (AvgIpc) is 2.51. The van der Waals surface area contributed by atoms with Crippen LogP contribution in [0.5, 0.6) is 0 Å². The van der Waals surface area contributed by atoms with Crippen LogP contribution >= 0.6 is 23.2 Å². The van der Waals surface area contributed by atoms with Gasteiger partial charge in [0.2, 0.25) is 0 Å². The Hall–Kier alpha value is -0.730. The lowest BCUT2D eigenvalue weighted by Crippen LogP contribution is -2.32. The number of benzene rings is 1. The SMILES string of the molecule is Clc1cc(Cl)c2c(c1)CN1CCCCCC1=N2. The quantitative estimate of drug-likeness (QED) is 0.681. The summed E-state index contributed by atoms with van der Waals surface area (Å²) in [7, 11) is 0.